The van der Waals surface area contributed by atoms with Gasteiger partial charge in [0, 0.05) is 35.1 Å². The summed E-state index contributed by atoms with van der Waals surface area (Å²) in [7, 11) is 0. The lowest BCUT2D eigenvalue weighted by Crippen LogP contribution is -2.42. The van der Waals surface area contributed by atoms with Crippen molar-refractivity contribution < 1.29 is 14.3 Å². The molecule has 1 aliphatic heterocycles. The SMILES string of the molecule is O=C(COc1cccc(-c2nc(Nc3ccc4[nH]ncc4c3)c3ccccc3n2)c1)N1CCOCC1. The molecule has 1 aliphatic rings. The molecule has 1 amide bonds. The zero-order chi connectivity index (χ0) is 24.3. The topological polar surface area (TPSA) is 105 Å². The van der Waals surface area contributed by atoms with Gasteiger partial charge in [0.2, 0.25) is 0 Å². The van der Waals surface area contributed by atoms with Crippen molar-refractivity contribution >= 4 is 39.2 Å². The molecule has 9 nitrogen and oxygen atoms in total. The fourth-order valence-corrected chi connectivity index (χ4v) is 4.23. The number of fused-ring (bicyclic) bond motifs is 2. The van der Waals surface area contributed by atoms with E-state index in [2.05, 4.69) is 15.5 Å². The van der Waals surface area contributed by atoms with E-state index in [-0.39, 0.29) is 12.5 Å². The Morgan fingerprint density at radius 2 is 1.92 bits per heavy atom. The number of carbonyl (C=O) groups is 1. The summed E-state index contributed by atoms with van der Waals surface area (Å²) in [5, 5.41) is 12.4. The van der Waals surface area contributed by atoms with E-state index < -0.39 is 0 Å². The number of nitrogens with one attached hydrogen (secondary N) is 2. The normalized spacial score (nSPS) is 13.7. The Morgan fingerprint density at radius 1 is 1.03 bits per heavy atom. The minimum Gasteiger partial charge on any atom is -0.484 e. The van der Waals surface area contributed by atoms with Crippen LogP contribution < -0.4 is 10.1 Å². The zero-order valence-electron chi connectivity index (χ0n) is 19.5. The molecule has 0 spiro atoms. The van der Waals surface area contributed by atoms with Gasteiger partial charge in [-0.05, 0) is 42.5 Å². The second-order valence-corrected chi connectivity index (χ2v) is 8.52. The Bertz CT molecular complexity index is 1540. The molecule has 2 N–H and O–H groups in total. The molecule has 0 bridgehead atoms. The first-order valence-electron chi connectivity index (χ1n) is 11.8. The molecule has 2 aromatic heterocycles. The number of para-hydroxylation sites is 1. The monoisotopic (exact) mass is 480 g/mol. The highest BCUT2D eigenvalue weighted by Gasteiger charge is 2.17. The van der Waals surface area contributed by atoms with Crippen molar-refractivity contribution in [2.24, 2.45) is 0 Å². The largest absolute Gasteiger partial charge is 0.484 e. The Balaban J connectivity index is 1.28. The molecule has 6 rings (SSSR count). The lowest BCUT2D eigenvalue weighted by atomic mass is 10.1. The number of carbonyl (C=O) groups excluding carboxylic acids is 1. The summed E-state index contributed by atoms with van der Waals surface area (Å²) in [6, 6.07) is 21.4. The van der Waals surface area contributed by atoms with Gasteiger partial charge in [0.05, 0.1) is 30.4 Å². The molecular weight excluding hydrogens is 456 g/mol. The minimum absolute atomic E-state index is 0.0225. The Morgan fingerprint density at radius 3 is 2.83 bits per heavy atom. The van der Waals surface area contributed by atoms with E-state index in [1.54, 1.807) is 11.1 Å². The number of H-pyrrole nitrogens is 1. The highest BCUT2D eigenvalue weighted by Crippen LogP contribution is 2.29. The summed E-state index contributed by atoms with van der Waals surface area (Å²) in [5.74, 6) is 1.80. The van der Waals surface area contributed by atoms with Crippen LogP contribution in [-0.2, 0) is 9.53 Å². The number of ether oxygens (including phenoxy) is 2. The van der Waals surface area contributed by atoms with E-state index in [0.29, 0.717) is 43.7 Å². The van der Waals surface area contributed by atoms with Crippen LogP contribution in [0.1, 0.15) is 0 Å². The third-order valence-corrected chi connectivity index (χ3v) is 6.12. The van der Waals surface area contributed by atoms with Crippen LogP contribution in [0.15, 0.2) is 72.9 Å². The van der Waals surface area contributed by atoms with Gasteiger partial charge in [-0.25, -0.2) is 9.97 Å². The second-order valence-electron chi connectivity index (χ2n) is 8.52. The molecular formula is C27H24N6O3. The van der Waals surface area contributed by atoms with E-state index in [1.165, 1.54) is 0 Å². The number of benzene rings is 3. The van der Waals surface area contributed by atoms with Crippen molar-refractivity contribution in [2.75, 3.05) is 38.2 Å². The average Bonchev–Trinajstić information content (AvgIpc) is 3.40. The van der Waals surface area contributed by atoms with E-state index in [1.807, 2.05) is 66.7 Å². The third kappa shape index (κ3) is 4.56. The highest BCUT2D eigenvalue weighted by molar-refractivity contribution is 5.93. The minimum atomic E-state index is -0.0493. The van der Waals surface area contributed by atoms with Crippen molar-refractivity contribution in [3.8, 4) is 17.1 Å². The Kier molecular flexibility index (Phi) is 5.88. The van der Waals surface area contributed by atoms with Gasteiger partial charge in [0.15, 0.2) is 12.4 Å². The van der Waals surface area contributed by atoms with Crippen LogP contribution in [0, 0.1) is 0 Å². The molecule has 180 valence electrons. The molecule has 3 heterocycles. The Hall–Kier alpha value is -4.50. The number of amides is 1. The summed E-state index contributed by atoms with van der Waals surface area (Å²) in [4.78, 5) is 23.9. The number of aromatic nitrogens is 4. The highest BCUT2D eigenvalue weighted by atomic mass is 16.5. The molecule has 3 aromatic carbocycles. The molecule has 1 saturated heterocycles. The van der Waals surface area contributed by atoms with Crippen LogP contribution >= 0.6 is 0 Å². The van der Waals surface area contributed by atoms with E-state index in [9.17, 15) is 4.79 Å². The number of hydrogen-bond donors (Lipinski definition) is 2. The summed E-state index contributed by atoms with van der Waals surface area (Å²) in [6.07, 6.45) is 1.79. The molecule has 1 fully saturated rings. The summed E-state index contributed by atoms with van der Waals surface area (Å²) < 4.78 is 11.1. The maximum atomic E-state index is 12.5. The first-order valence-corrected chi connectivity index (χ1v) is 11.8. The molecule has 36 heavy (non-hydrogen) atoms. The summed E-state index contributed by atoms with van der Waals surface area (Å²) >= 11 is 0. The molecule has 0 unspecified atom stereocenters. The van der Waals surface area contributed by atoms with Crippen LogP contribution in [0.5, 0.6) is 5.75 Å². The zero-order valence-corrected chi connectivity index (χ0v) is 19.5. The summed E-state index contributed by atoms with van der Waals surface area (Å²) in [5.41, 5.74) is 3.49. The van der Waals surface area contributed by atoms with Gasteiger partial charge in [-0.15, -0.1) is 0 Å². The third-order valence-electron chi connectivity index (χ3n) is 6.12. The lowest BCUT2D eigenvalue weighted by Gasteiger charge is -2.26. The van der Waals surface area contributed by atoms with Crippen LogP contribution in [0.2, 0.25) is 0 Å². The number of hydrogen-bond acceptors (Lipinski definition) is 7. The molecule has 5 aromatic rings. The van der Waals surface area contributed by atoms with Crippen molar-refractivity contribution in [1.29, 1.82) is 0 Å². The first kappa shape index (κ1) is 22.0. The van der Waals surface area contributed by atoms with Crippen LogP contribution in [-0.4, -0.2) is 63.9 Å². The fraction of sp³-hybridized carbons (Fsp3) is 0.185. The fourth-order valence-electron chi connectivity index (χ4n) is 4.23. The van der Waals surface area contributed by atoms with Crippen molar-refractivity contribution in [3.63, 3.8) is 0 Å². The standard InChI is InChI=1S/C27H24N6O3/c34-25(33-10-12-35-13-11-33)17-36-21-5-3-4-18(15-21)26-30-24-7-2-1-6-22(24)27(31-26)29-20-8-9-23-19(14-20)16-28-32-23/h1-9,14-16H,10-13,17H2,(H,28,32)(H,29,30,31). The van der Waals surface area contributed by atoms with Gasteiger partial charge < -0.3 is 19.7 Å². The van der Waals surface area contributed by atoms with Gasteiger partial charge in [-0.3, -0.25) is 9.89 Å². The molecule has 0 saturated carbocycles. The van der Waals surface area contributed by atoms with E-state index in [4.69, 9.17) is 19.4 Å². The van der Waals surface area contributed by atoms with Crippen molar-refractivity contribution in [2.45, 2.75) is 0 Å². The van der Waals surface area contributed by atoms with Gasteiger partial charge in [0.1, 0.15) is 11.6 Å². The molecule has 0 radical (unpaired) electrons. The molecule has 0 aliphatic carbocycles. The molecule has 0 atom stereocenters. The Labute approximate surface area is 207 Å². The van der Waals surface area contributed by atoms with Crippen LogP contribution in [0.4, 0.5) is 11.5 Å². The van der Waals surface area contributed by atoms with Gasteiger partial charge >= 0.3 is 0 Å². The predicted octanol–water partition coefficient (Wildman–Crippen LogP) is 4.15. The summed E-state index contributed by atoms with van der Waals surface area (Å²) in [6.45, 7) is 2.29. The second kappa shape index (κ2) is 9.63. The number of aromatic amines is 1. The number of nitrogens with zero attached hydrogens (tertiary/aromatic N) is 4. The first-order chi connectivity index (χ1) is 17.7. The maximum absolute atomic E-state index is 12.5. The van der Waals surface area contributed by atoms with Crippen molar-refractivity contribution in [3.05, 3.63) is 72.9 Å². The number of rotatable bonds is 6. The molecule has 9 heteroatoms. The lowest BCUT2D eigenvalue weighted by molar-refractivity contribution is -0.137. The smallest absolute Gasteiger partial charge is 0.260 e. The average molecular weight is 481 g/mol. The van der Waals surface area contributed by atoms with Gasteiger partial charge in [-0.2, -0.15) is 5.10 Å². The maximum Gasteiger partial charge on any atom is 0.260 e. The number of anilines is 2. The van der Waals surface area contributed by atoms with Gasteiger partial charge in [0.25, 0.3) is 5.91 Å². The predicted molar refractivity (Wildman–Crippen MR) is 137 cm³/mol. The van der Waals surface area contributed by atoms with Gasteiger partial charge in [-0.1, -0.05) is 24.3 Å². The van der Waals surface area contributed by atoms with Crippen LogP contribution in [0.25, 0.3) is 33.2 Å². The van der Waals surface area contributed by atoms with Crippen LogP contribution in [0.3, 0.4) is 0 Å². The van der Waals surface area contributed by atoms with E-state index in [0.717, 1.165) is 33.1 Å². The van der Waals surface area contributed by atoms with Crippen molar-refractivity contribution in [1.82, 2.24) is 25.1 Å². The quantitative estimate of drug-likeness (QED) is 0.376. The number of morpholine rings is 1. The van der Waals surface area contributed by atoms with E-state index >= 15 is 0 Å².